The molecule has 1 aromatic rings. The van der Waals surface area contributed by atoms with Crippen LogP contribution in [0.4, 0.5) is 5.82 Å². The second kappa shape index (κ2) is 4.84. The van der Waals surface area contributed by atoms with Crippen molar-refractivity contribution in [1.82, 2.24) is 4.98 Å². The van der Waals surface area contributed by atoms with Crippen molar-refractivity contribution in [2.75, 3.05) is 5.32 Å². The Bertz CT molecular complexity index is 392. The molecular formula is C10H13N3OS. The molecule has 1 amide bonds. The highest BCUT2D eigenvalue weighted by atomic mass is 32.1. The van der Waals surface area contributed by atoms with E-state index in [1.54, 1.807) is 13.1 Å². The summed E-state index contributed by atoms with van der Waals surface area (Å²) in [5, 5.41) is 2.67. The lowest BCUT2D eigenvalue weighted by Gasteiger charge is -2.11. The fourth-order valence-corrected chi connectivity index (χ4v) is 1.08. The number of aryl methyl sites for hydroxylation is 1. The maximum Gasteiger partial charge on any atom is 0.235 e. The zero-order valence-electron chi connectivity index (χ0n) is 8.65. The summed E-state index contributed by atoms with van der Waals surface area (Å²) in [5.41, 5.74) is 6.28. The molecule has 80 valence electrons. The summed E-state index contributed by atoms with van der Waals surface area (Å²) in [7, 11) is 0. The van der Waals surface area contributed by atoms with Gasteiger partial charge in [0.1, 0.15) is 5.82 Å². The van der Waals surface area contributed by atoms with Gasteiger partial charge >= 0.3 is 0 Å². The average molecular weight is 223 g/mol. The summed E-state index contributed by atoms with van der Waals surface area (Å²) in [6.07, 6.45) is 1.62. The van der Waals surface area contributed by atoms with Crippen molar-refractivity contribution in [3.63, 3.8) is 0 Å². The number of aromatic nitrogens is 1. The summed E-state index contributed by atoms with van der Waals surface area (Å²) in [6.45, 7) is 3.53. The highest BCUT2D eigenvalue weighted by Crippen LogP contribution is 2.10. The molecule has 1 atom stereocenters. The topological polar surface area (TPSA) is 68.0 Å². The second-order valence-electron chi connectivity index (χ2n) is 3.28. The molecule has 0 saturated heterocycles. The second-order valence-corrected chi connectivity index (χ2v) is 3.75. The Hall–Kier alpha value is -1.49. The summed E-state index contributed by atoms with van der Waals surface area (Å²) in [6, 6.07) is 3.68. The minimum Gasteiger partial charge on any atom is -0.393 e. The van der Waals surface area contributed by atoms with Gasteiger partial charge in [0.25, 0.3) is 0 Å². The van der Waals surface area contributed by atoms with Crippen LogP contribution >= 0.6 is 12.2 Å². The van der Waals surface area contributed by atoms with E-state index in [0.29, 0.717) is 5.82 Å². The number of rotatable bonds is 3. The van der Waals surface area contributed by atoms with Crippen molar-refractivity contribution in [3.8, 4) is 0 Å². The van der Waals surface area contributed by atoms with Gasteiger partial charge in [-0.1, -0.05) is 18.3 Å². The smallest absolute Gasteiger partial charge is 0.235 e. The Balaban J connectivity index is 2.75. The van der Waals surface area contributed by atoms with Gasteiger partial charge in [-0.2, -0.15) is 0 Å². The van der Waals surface area contributed by atoms with E-state index in [1.807, 2.05) is 19.1 Å². The van der Waals surface area contributed by atoms with E-state index < -0.39 is 5.92 Å². The lowest BCUT2D eigenvalue weighted by Crippen LogP contribution is -2.31. The number of hydrogen-bond donors (Lipinski definition) is 2. The Labute approximate surface area is 93.9 Å². The predicted octanol–water partition coefficient (Wildman–Crippen LogP) is 1.25. The number of carbonyl (C=O) groups excluding carboxylic acids is 1. The van der Waals surface area contributed by atoms with Crippen LogP contribution in [0.2, 0.25) is 0 Å². The van der Waals surface area contributed by atoms with Gasteiger partial charge in [-0.15, -0.1) is 0 Å². The molecule has 0 fully saturated rings. The average Bonchev–Trinajstić information content (AvgIpc) is 2.20. The molecule has 0 aromatic carbocycles. The monoisotopic (exact) mass is 223 g/mol. The van der Waals surface area contributed by atoms with E-state index in [-0.39, 0.29) is 10.9 Å². The van der Waals surface area contributed by atoms with Crippen LogP contribution in [-0.2, 0) is 4.79 Å². The number of carbonyl (C=O) groups is 1. The third-order valence-corrected chi connectivity index (χ3v) is 2.42. The minimum absolute atomic E-state index is 0.182. The number of hydrogen-bond acceptors (Lipinski definition) is 3. The number of nitrogens with two attached hydrogens (primary N) is 1. The van der Waals surface area contributed by atoms with Gasteiger partial charge in [-0.05, 0) is 25.5 Å². The summed E-state index contributed by atoms with van der Waals surface area (Å²) in [4.78, 5) is 15.8. The molecule has 0 aliphatic carbocycles. The lowest BCUT2D eigenvalue weighted by molar-refractivity contribution is -0.117. The first-order chi connectivity index (χ1) is 7.02. The number of nitrogens with one attached hydrogen (secondary N) is 1. The van der Waals surface area contributed by atoms with Crippen molar-refractivity contribution in [2.45, 2.75) is 13.8 Å². The molecule has 3 N–H and O–H groups in total. The number of nitrogens with zero attached hydrogens (tertiary/aromatic N) is 1. The molecule has 15 heavy (non-hydrogen) atoms. The first-order valence-electron chi connectivity index (χ1n) is 4.54. The SMILES string of the molecule is Cc1cccnc1NC(=O)C(C)C(N)=S. The molecule has 5 heteroatoms. The molecule has 1 heterocycles. The van der Waals surface area contributed by atoms with Crippen molar-refractivity contribution in [2.24, 2.45) is 11.7 Å². The third kappa shape index (κ3) is 2.99. The first kappa shape index (κ1) is 11.6. The standard InChI is InChI=1S/C10H13N3OS/c1-6-4-3-5-12-9(6)13-10(14)7(2)8(11)15/h3-5,7H,1-2H3,(H2,11,15)(H,12,13,14). The van der Waals surface area contributed by atoms with Gasteiger partial charge in [0, 0.05) is 6.20 Å². The van der Waals surface area contributed by atoms with Gasteiger partial charge < -0.3 is 11.1 Å². The van der Waals surface area contributed by atoms with Crippen LogP contribution in [0, 0.1) is 12.8 Å². The lowest BCUT2D eigenvalue weighted by atomic mass is 10.1. The fraction of sp³-hybridized carbons (Fsp3) is 0.300. The van der Waals surface area contributed by atoms with E-state index in [4.69, 9.17) is 18.0 Å². The van der Waals surface area contributed by atoms with Crippen molar-refractivity contribution in [1.29, 1.82) is 0 Å². The number of pyridine rings is 1. The van der Waals surface area contributed by atoms with Crippen LogP contribution in [0.5, 0.6) is 0 Å². The quantitative estimate of drug-likeness (QED) is 0.757. The summed E-state index contributed by atoms with van der Waals surface area (Å²) in [5.74, 6) is -0.170. The molecule has 0 saturated carbocycles. The molecule has 1 aromatic heterocycles. The van der Waals surface area contributed by atoms with Crippen molar-refractivity contribution >= 4 is 28.9 Å². The van der Waals surface area contributed by atoms with Crippen molar-refractivity contribution in [3.05, 3.63) is 23.9 Å². The van der Waals surface area contributed by atoms with Crippen LogP contribution < -0.4 is 11.1 Å². The highest BCUT2D eigenvalue weighted by molar-refractivity contribution is 7.80. The van der Waals surface area contributed by atoms with Crippen LogP contribution in [-0.4, -0.2) is 15.9 Å². The van der Waals surface area contributed by atoms with Gasteiger partial charge in [-0.25, -0.2) is 4.98 Å². The molecule has 0 bridgehead atoms. The number of thiocarbonyl (C=S) groups is 1. The van der Waals surface area contributed by atoms with E-state index in [0.717, 1.165) is 5.56 Å². The number of anilines is 1. The minimum atomic E-state index is -0.485. The maximum atomic E-state index is 11.6. The normalized spacial score (nSPS) is 11.9. The Morgan fingerprint density at radius 2 is 2.33 bits per heavy atom. The van der Waals surface area contributed by atoms with E-state index in [9.17, 15) is 4.79 Å². The molecule has 0 aliphatic heterocycles. The summed E-state index contributed by atoms with van der Waals surface area (Å²) < 4.78 is 0. The van der Waals surface area contributed by atoms with Gasteiger partial charge in [-0.3, -0.25) is 4.79 Å². The van der Waals surface area contributed by atoms with E-state index >= 15 is 0 Å². The van der Waals surface area contributed by atoms with Crippen LogP contribution in [0.15, 0.2) is 18.3 Å². The van der Waals surface area contributed by atoms with Gasteiger partial charge in [0.05, 0.1) is 10.9 Å². The van der Waals surface area contributed by atoms with Gasteiger partial charge in [0.15, 0.2) is 0 Å². The highest BCUT2D eigenvalue weighted by Gasteiger charge is 2.16. The molecule has 1 rings (SSSR count). The number of amides is 1. The molecule has 0 spiro atoms. The molecular weight excluding hydrogens is 210 g/mol. The maximum absolute atomic E-state index is 11.6. The molecule has 1 unspecified atom stereocenters. The van der Waals surface area contributed by atoms with Crippen LogP contribution in [0.3, 0.4) is 0 Å². The van der Waals surface area contributed by atoms with Crippen LogP contribution in [0.1, 0.15) is 12.5 Å². The fourth-order valence-electron chi connectivity index (χ4n) is 0.971. The zero-order valence-corrected chi connectivity index (χ0v) is 9.47. The Kier molecular flexibility index (Phi) is 3.74. The first-order valence-corrected chi connectivity index (χ1v) is 4.95. The molecule has 0 radical (unpaired) electrons. The summed E-state index contributed by atoms with van der Waals surface area (Å²) >= 11 is 4.74. The Morgan fingerprint density at radius 1 is 1.67 bits per heavy atom. The largest absolute Gasteiger partial charge is 0.393 e. The Morgan fingerprint density at radius 3 is 2.87 bits per heavy atom. The third-order valence-electron chi connectivity index (χ3n) is 2.07. The van der Waals surface area contributed by atoms with Crippen LogP contribution in [0.25, 0.3) is 0 Å². The van der Waals surface area contributed by atoms with Gasteiger partial charge in [0.2, 0.25) is 5.91 Å². The predicted molar refractivity (Wildman–Crippen MR) is 63.6 cm³/mol. The molecule has 4 nitrogen and oxygen atoms in total. The van der Waals surface area contributed by atoms with Crippen molar-refractivity contribution < 1.29 is 4.79 Å². The van der Waals surface area contributed by atoms with E-state index in [2.05, 4.69) is 10.3 Å². The zero-order chi connectivity index (χ0) is 11.4. The molecule has 0 aliphatic rings. The van der Waals surface area contributed by atoms with E-state index in [1.165, 1.54) is 0 Å².